The Morgan fingerprint density at radius 1 is 1.21 bits per heavy atom. The van der Waals surface area contributed by atoms with Gasteiger partial charge in [0.1, 0.15) is 5.82 Å². The van der Waals surface area contributed by atoms with Gasteiger partial charge in [-0.25, -0.2) is 4.39 Å². The van der Waals surface area contributed by atoms with Crippen LogP contribution in [0.2, 0.25) is 0 Å². The molecule has 0 aromatic heterocycles. The number of amides is 1. The summed E-state index contributed by atoms with van der Waals surface area (Å²) in [4.78, 5) is 20.9. The molecule has 0 radical (unpaired) electrons. The van der Waals surface area contributed by atoms with Crippen molar-refractivity contribution in [2.45, 2.75) is 45.1 Å². The van der Waals surface area contributed by atoms with Crippen LogP contribution in [0.3, 0.4) is 0 Å². The number of guanidine groups is 1. The molecule has 1 aliphatic rings. The fraction of sp³-hybridized carbons (Fsp3) is 0.636. The minimum atomic E-state index is -0.229. The minimum absolute atomic E-state index is 0.0702. The van der Waals surface area contributed by atoms with E-state index in [1.54, 1.807) is 0 Å². The van der Waals surface area contributed by atoms with Crippen molar-refractivity contribution in [1.82, 2.24) is 20.4 Å². The predicted molar refractivity (Wildman–Crippen MR) is 116 cm³/mol. The number of nitrogens with zero attached hydrogens (tertiary/aromatic N) is 3. The Balaban J connectivity index is 1.87. The molecule has 1 saturated heterocycles. The smallest absolute Gasteiger partial charge is 0.222 e. The van der Waals surface area contributed by atoms with Gasteiger partial charge in [0.15, 0.2) is 5.96 Å². The molecule has 1 aromatic carbocycles. The summed E-state index contributed by atoms with van der Waals surface area (Å²) in [6.45, 7) is 5.82. The lowest BCUT2D eigenvalue weighted by Crippen LogP contribution is -2.40. The molecule has 0 saturated carbocycles. The number of likely N-dealkylation sites (N-methyl/N-ethyl adjacent to an activating group) is 1. The summed E-state index contributed by atoms with van der Waals surface area (Å²) in [5.74, 6) is 0.826. The average Bonchev–Trinajstić information content (AvgIpc) is 2.90. The third-order valence-electron chi connectivity index (χ3n) is 5.21. The Hall–Kier alpha value is -2.15. The number of hydrogen-bond acceptors (Lipinski definition) is 3. The Kier molecular flexibility index (Phi) is 9.91. The molecule has 1 aliphatic heterocycles. The van der Waals surface area contributed by atoms with Gasteiger partial charge >= 0.3 is 0 Å². The highest BCUT2D eigenvalue weighted by molar-refractivity contribution is 5.79. The molecular formula is C22H36FN5O. The Morgan fingerprint density at radius 2 is 1.97 bits per heavy atom. The molecule has 162 valence electrons. The number of carbonyl (C=O) groups excluding carboxylic acids is 1. The van der Waals surface area contributed by atoms with E-state index in [-0.39, 0.29) is 17.8 Å². The highest BCUT2D eigenvalue weighted by atomic mass is 19.1. The lowest BCUT2D eigenvalue weighted by molar-refractivity contribution is -0.130. The predicted octanol–water partition coefficient (Wildman–Crippen LogP) is 2.78. The van der Waals surface area contributed by atoms with Crippen LogP contribution in [0.15, 0.2) is 29.3 Å². The van der Waals surface area contributed by atoms with Gasteiger partial charge in [-0.15, -0.1) is 0 Å². The van der Waals surface area contributed by atoms with Gasteiger partial charge < -0.3 is 20.4 Å². The molecule has 0 spiro atoms. The van der Waals surface area contributed by atoms with E-state index in [1.165, 1.54) is 12.1 Å². The van der Waals surface area contributed by atoms with Crippen LogP contribution in [0.5, 0.6) is 0 Å². The van der Waals surface area contributed by atoms with E-state index in [4.69, 9.17) is 4.99 Å². The fourth-order valence-electron chi connectivity index (χ4n) is 3.52. The second kappa shape index (κ2) is 12.4. The monoisotopic (exact) mass is 405 g/mol. The molecule has 2 rings (SSSR count). The third kappa shape index (κ3) is 8.01. The first-order valence-electron chi connectivity index (χ1n) is 10.7. The molecule has 7 heteroatoms. The quantitative estimate of drug-likeness (QED) is 0.377. The Morgan fingerprint density at radius 3 is 2.66 bits per heavy atom. The lowest BCUT2D eigenvalue weighted by atomic mass is 10.1. The highest BCUT2D eigenvalue weighted by Gasteiger charge is 2.16. The molecule has 1 fully saturated rings. The van der Waals surface area contributed by atoms with Gasteiger partial charge in [0.2, 0.25) is 5.91 Å². The van der Waals surface area contributed by atoms with E-state index in [0.717, 1.165) is 63.4 Å². The van der Waals surface area contributed by atoms with Crippen LogP contribution in [0.1, 0.15) is 50.6 Å². The SMILES string of the molecule is CCNC(=NCC(c1ccc(F)cc1)N(C)C)NCCCN1CCCCCC1=O. The molecule has 0 bridgehead atoms. The molecule has 1 aromatic rings. The highest BCUT2D eigenvalue weighted by Crippen LogP contribution is 2.19. The zero-order valence-corrected chi connectivity index (χ0v) is 18.1. The normalized spacial score (nSPS) is 16.7. The van der Waals surface area contributed by atoms with Gasteiger partial charge in [-0.1, -0.05) is 18.6 Å². The van der Waals surface area contributed by atoms with E-state index in [2.05, 4.69) is 15.5 Å². The first kappa shape index (κ1) is 23.1. The van der Waals surface area contributed by atoms with Crippen molar-refractivity contribution in [3.05, 3.63) is 35.6 Å². The van der Waals surface area contributed by atoms with E-state index < -0.39 is 0 Å². The largest absolute Gasteiger partial charge is 0.357 e. The zero-order valence-electron chi connectivity index (χ0n) is 18.1. The van der Waals surface area contributed by atoms with Crippen molar-refractivity contribution in [2.24, 2.45) is 4.99 Å². The van der Waals surface area contributed by atoms with Crippen molar-refractivity contribution in [3.63, 3.8) is 0 Å². The summed E-state index contributed by atoms with van der Waals surface area (Å²) in [5, 5.41) is 6.64. The molecule has 1 atom stereocenters. The van der Waals surface area contributed by atoms with Crippen molar-refractivity contribution < 1.29 is 9.18 Å². The van der Waals surface area contributed by atoms with Gasteiger partial charge in [-0.05, 0) is 58.0 Å². The molecule has 6 nitrogen and oxygen atoms in total. The Bertz CT molecular complexity index is 647. The summed E-state index contributed by atoms with van der Waals surface area (Å²) >= 11 is 0. The van der Waals surface area contributed by atoms with Gasteiger partial charge in [0.05, 0.1) is 12.6 Å². The summed E-state index contributed by atoms with van der Waals surface area (Å²) in [5.41, 5.74) is 1.04. The van der Waals surface area contributed by atoms with E-state index >= 15 is 0 Å². The number of aliphatic imine (C=N–C) groups is 1. The molecule has 0 aliphatic carbocycles. The second-order valence-electron chi connectivity index (χ2n) is 7.72. The number of halogens is 1. The van der Waals surface area contributed by atoms with Gasteiger partial charge in [0.25, 0.3) is 0 Å². The molecular weight excluding hydrogens is 369 g/mol. The first-order chi connectivity index (χ1) is 14.0. The van der Waals surface area contributed by atoms with Crippen LogP contribution in [0.4, 0.5) is 4.39 Å². The van der Waals surface area contributed by atoms with Crippen LogP contribution >= 0.6 is 0 Å². The number of hydrogen-bond donors (Lipinski definition) is 2. The summed E-state index contributed by atoms with van der Waals surface area (Å²) in [7, 11) is 4.00. The third-order valence-corrected chi connectivity index (χ3v) is 5.21. The van der Waals surface area contributed by atoms with E-state index in [0.29, 0.717) is 13.0 Å². The maximum atomic E-state index is 13.2. The van der Waals surface area contributed by atoms with Crippen molar-refractivity contribution in [3.8, 4) is 0 Å². The summed E-state index contributed by atoms with van der Waals surface area (Å²) in [6, 6.07) is 6.68. The van der Waals surface area contributed by atoms with Crippen molar-refractivity contribution >= 4 is 11.9 Å². The number of rotatable bonds is 9. The molecule has 1 unspecified atom stereocenters. The van der Waals surface area contributed by atoms with Crippen molar-refractivity contribution in [1.29, 1.82) is 0 Å². The Labute approximate surface area is 174 Å². The second-order valence-corrected chi connectivity index (χ2v) is 7.72. The standard InChI is InChI=1S/C22H36FN5O/c1-4-24-22(25-14-8-16-28-15-7-5-6-9-21(28)29)26-17-20(27(2)3)18-10-12-19(23)13-11-18/h10-13,20H,4-9,14-17H2,1-3H3,(H2,24,25,26). The molecule has 29 heavy (non-hydrogen) atoms. The van der Waals surface area contributed by atoms with Crippen LogP contribution < -0.4 is 10.6 Å². The average molecular weight is 406 g/mol. The number of benzene rings is 1. The van der Waals surface area contributed by atoms with Gasteiger partial charge in [-0.3, -0.25) is 9.79 Å². The zero-order chi connectivity index (χ0) is 21.1. The lowest BCUT2D eigenvalue weighted by Gasteiger charge is -2.24. The fourth-order valence-corrected chi connectivity index (χ4v) is 3.52. The van der Waals surface area contributed by atoms with Crippen LogP contribution in [0, 0.1) is 5.82 Å². The van der Waals surface area contributed by atoms with Crippen molar-refractivity contribution in [2.75, 3.05) is 46.8 Å². The first-order valence-corrected chi connectivity index (χ1v) is 10.7. The number of nitrogens with one attached hydrogen (secondary N) is 2. The van der Waals surface area contributed by atoms with Gasteiger partial charge in [-0.2, -0.15) is 0 Å². The number of likely N-dealkylation sites (tertiary alicyclic amines) is 1. The topological polar surface area (TPSA) is 60.0 Å². The van der Waals surface area contributed by atoms with Crippen LogP contribution in [-0.4, -0.2) is 68.5 Å². The van der Waals surface area contributed by atoms with Crippen LogP contribution in [-0.2, 0) is 4.79 Å². The summed E-state index contributed by atoms with van der Waals surface area (Å²) in [6.07, 6.45) is 4.86. The van der Waals surface area contributed by atoms with Crippen LogP contribution in [0.25, 0.3) is 0 Å². The number of carbonyl (C=O) groups is 1. The van der Waals surface area contributed by atoms with Gasteiger partial charge in [0, 0.05) is 32.6 Å². The maximum Gasteiger partial charge on any atom is 0.222 e. The molecule has 1 amide bonds. The maximum absolute atomic E-state index is 13.2. The van der Waals surface area contributed by atoms with E-state index in [9.17, 15) is 9.18 Å². The minimum Gasteiger partial charge on any atom is -0.357 e. The molecule has 1 heterocycles. The van der Waals surface area contributed by atoms with E-state index in [1.807, 2.05) is 38.1 Å². The molecule has 2 N–H and O–H groups in total. The summed E-state index contributed by atoms with van der Waals surface area (Å²) < 4.78 is 13.2.